The molecular formula is C21H26N6O. The molecule has 2 aliphatic heterocycles. The van der Waals surface area contributed by atoms with Crippen molar-refractivity contribution in [2.75, 3.05) is 44.3 Å². The molecule has 5 rings (SSSR count). The lowest BCUT2D eigenvalue weighted by Gasteiger charge is -2.30. The fraction of sp³-hybridized carbons (Fsp3) is 0.476. The molecule has 2 aliphatic rings. The van der Waals surface area contributed by atoms with Crippen LogP contribution in [0.5, 0.6) is 0 Å². The molecule has 146 valence electrons. The van der Waals surface area contributed by atoms with Crippen molar-refractivity contribution in [3.05, 3.63) is 54.2 Å². The third-order valence-electron chi connectivity index (χ3n) is 5.77. The average molecular weight is 378 g/mol. The highest BCUT2D eigenvalue weighted by Crippen LogP contribution is 2.27. The Morgan fingerprint density at radius 1 is 1.00 bits per heavy atom. The molecule has 0 N–H and O–H groups in total. The van der Waals surface area contributed by atoms with Gasteiger partial charge in [-0.1, -0.05) is 6.07 Å². The molecule has 0 aliphatic carbocycles. The zero-order valence-electron chi connectivity index (χ0n) is 16.1. The van der Waals surface area contributed by atoms with Gasteiger partial charge in [-0.15, -0.1) is 0 Å². The predicted molar refractivity (Wildman–Crippen MR) is 108 cm³/mol. The number of morpholine rings is 1. The number of aromatic nitrogens is 4. The van der Waals surface area contributed by atoms with Gasteiger partial charge in [-0.3, -0.25) is 9.88 Å². The van der Waals surface area contributed by atoms with E-state index in [0.717, 1.165) is 75.9 Å². The number of fused-ring (bicyclic) bond motifs is 1. The van der Waals surface area contributed by atoms with E-state index in [1.807, 2.05) is 16.8 Å². The number of likely N-dealkylation sites (tertiary alicyclic amines) is 1. The van der Waals surface area contributed by atoms with Crippen molar-refractivity contribution in [3.8, 4) is 0 Å². The van der Waals surface area contributed by atoms with Crippen LogP contribution in [0.25, 0.3) is 5.65 Å². The SMILES string of the molecule is c1ccc(CN2CCC(c3nc4ccc(N5CCOCC5)cn4n3)CC2)nc1. The molecule has 0 atom stereocenters. The number of hydrogen-bond acceptors (Lipinski definition) is 6. The van der Waals surface area contributed by atoms with Gasteiger partial charge in [0.2, 0.25) is 0 Å². The maximum atomic E-state index is 5.45. The highest BCUT2D eigenvalue weighted by Gasteiger charge is 2.24. The van der Waals surface area contributed by atoms with E-state index in [1.54, 1.807) is 0 Å². The van der Waals surface area contributed by atoms with Crippen LogP contribution >= 0.6 is 0 Å². The monoisotopic (exact) mass is 378 g/mol. The van der Waals surface area contributed by atoms with Crippen LogP contribution in [0.15, 0.2) is 42.7 Å². The Balaban J connectivity index is 1.25. The molecular weight excluding hydrogens is 352 g/mol. The second kappa shape index (κ2) is 7.85. The summed E-state index contributed by atoms with van der Waals surface area (Å²) in [6.07, 6.45) is 6.17. The molecule has 3 aromatic rings. The summed E-state index contributed by atoms with van der Waals surface area (Å²) in [6.45, 7) is 6.50. The minimum absolute atomic E-state index is 0.437. The van der Waals surface area contributed by atoms with Gasteiger partial charge in [0.25, 0.3) is 0 Å². The summed E-state index contributed by atoms with van der Waals surface area (Å²) in [4.78, 5) is 14.1. The van der Waals surface area contributed by atoms with Crippen molar-refractivity contribution < 1.29 is 4.74 Å². The van der Waals surface area contributed by atoms with Gasteiger partial charge in [-0.2, -0.15) is 5.10 Å². The number of ether oxygens (including phenoxy) is 1. The van der Waals surface area contributed by atoms with Gasteiger partial charge in [0.1, 0.15) is 0 Å². The lowest BCUT2D eigenvalue weighted by molar-refractivity contribution is 0.122. The molecule has 0 bridgehead atoms. The second-order valence-corrected chi connectivity index (χ2v) is 7.63. The van der Waals surface area contributed by atoms with Gasteiger partial charge < -0.3 is 9.64 Å². The lowest BCUT2D eigenvalue weighted by Crippen LogP contribution is -2.36. The lowest BCUT2D eigenvalue weighted by atomic mass is 9.96. The van der Waals surface area contributed by atoms with E-state index in [-0.39, 0.29) is 0 Å². The number of hydrogen-bond donors (Lipinski definition) is 0. The topological polar surface area (TPSA) is 58.8 Å². The number of rotatable bonds is 4. The second-order valence-electron chi connectivity index (χ2n) is 7.63. The first-order valence-electron chi connectivity index (χ1n) is 10.2. The van der Waals surface area contributed by atoms with Gasteiger partial charge in [0, 0.05) is 31.7 Å². The summed E-state index contributed by atoms with van der Waals surface area (Å²) in [7, 11) is 0. The molecule has 0 amide bonds. The fourth-order valence-electron chi connectivity index (χ4n) is 4.14. The van der Waals surface area contributed by atoms with Crippen LogP contribution in [0.2, 0.25) is 0 Å². The van der Waals surface area contributed by atoms with E-state index in [1.165, 1.54) is 5.69 Å². The molecule has 0 unspecified atom stereocenters. The third kappa shape index (κ3) is 3.72. The molecule has 2 fully saturated rings. The van der Waals surface area contributed by atoms with Gasteiger partial charge in [-0.05, 0) is 50.2 Å². The van der Waals surface area contributed by atoms with E-state index in [0.29, 0.717) is 5.92 Å². The van der Waals surface area contributed by atoms with Crippen LogP contribution in [0.1, 0.15) is 30.3 Å². The zero-order chi connectivity index (χ0) is 18.8. The number of pyridine rings is 2. The first kappa shape index (κ1) is 17.6. The quantitative estimate of drug-likeness (QED) is 0.695. The van der Waals surface area contributed by atoms with Crippen molar-refractivity contribution in [1.29, 1.82) is 0 Å². The molecule has 7 nitrogen and oxygen atoms in total. The molecule has 0 saturated carbocycles. The van der Waals surface area contributed by atoms with Gasteiger partial charge in [0.15, 0.2) is 11.5 Å². The summed E-state index contributed by atoms with van der Waals surface area (Å²) in [5.74, 6) is 1.42. The predicted octanol–water partition coefficient (Wildman–Crippen LogP) is 2.34. The number of piperidine rings is 1. The standard InChI is InChI=1S/C21H26N6O/c1-2-8-22-18(3-1)15-25-9-6-17(7-10-25)21-23-20-5-4-19(16-27(20)24-21)26-11-13-28-14-12-26/h1-5,8,16-17H,6-7,9-15H2. The normalized spacial score (nSPS) is 19.4. The summed E-state index contributed by atoms with van der Waals surface area (Å²) in [5.41, 5.74) is 3.27. The highest BCUT2D eigenvalue weighted by molar-refractivity contribution is 5.51. The molecule has 2 saturated heterocycles. The number of anilines is 1. The van der Waals surface area contributed by atoms with E-state index in [4.69, 9.17) is 14.8 Å². The Labute approximate surface area is 165 Å². The summed E-state index contributed by atoms with van der Waals surface area (Å²) < 4.78 is 7.40. The van der Waals surface area contributed by atoms with E-state index < -0.39 is 0 Å². The first-order chi connectivity index (χ1) is 13.8. The summed E-state index contributed by atoms with van der Waals surface area (Å²) in [5, 5.41) is 4.82. The van der Waals surface area contributed by atoms with Crippen LogP contribution < -0.4 is 4.90 Å². The van der Waals surface area contributed by atoms with Crippen molar-refractivity contribution in [1.82, 2.24) is 24.5 Å². The molecule has 5 heterocycles. The minimum Gasteiger partial charge on any atom is -0.378 e. The van der Waals surface area contributed by atoms with E-state index in [2.05, 4.69) is 45.2 Å². The first-order valence-corrected chi connectivity index (χ1v) is 10.2. The van der Waals surface area contributed by atoms with E-state index >= 15 is 0 Å². The fourth-order valence-corrected chi connectivity index (χ4v) is 4.14. The highest BCUT2D eigenvalue weighted by atomic mass is 16.5. The molecule has 0 radical (unpaired) electrons. The van der Waals surface area contributed by atoms with Crippen LogP contribution in [0.3, 0.4) is 0 Å². The van der Waals surface area contributed by atoms with Gasteiger partial charge in [-0.25, -0.2) is 9.50 Å². The minimum atomic E-state index is 0.437. The molecule has 0 spiro atoms. The van der Waals surface area contributed by atoms with Crippen molar-refractivity contribution in [2.45, 2.75) is 25.3 Å². The van der Waals surface area contributed by atoms with Crippen molar-refractivity contribution in [2.24, 2.45) is 0 Å². The van der Waals surface area contributed by atoms with Crippen LogP contribution in [-0.2, 0) is 11.3 Å². The Bertz CT molecular complexity index is 913. The van der Waals surface area contributed by atoms with Gasteiger partial charge >= 0.3 is 0 Å². The molecule has 7 heteroatoms. The number of nitrogens with zero attached hydrogens (tertiary/aromatic N) is 6. The van der Waals surface area contributed by atoms with Crippen LogP contribution in [-0.4, -0.2) is 63.9 Å². The van der Waals surface area contributed by atoms with Crippen molar-refractivity contribution in [3.63, 3.8) is 0 Å². The smallest absolute Gasteiger partial charge is 0.155 e. The zero-order valence-corrected chi connectivity index (χ0v) is 16.1. The Morgan fingerprint density at radius 3 is 2.64 bits per heavy atom. The molecule has 3 aromatic heterocycles. The summed E-state index contributed by atoms with van der Waals surface area (Å²) in [6, 6.07) is 10.4. The van der Waals surface area contributed by atoms with Crippen LogP contribution in [0.4, 0.5) is 5.69 Å². The molecule has 0 aromatic carbocycles. The maximum Gasteiger partial charge on any atom is 0.155 e. The maximum absolute atomic E-state index is 5.45. The summed E-state index contributed by atoms with van der Waals surface area (Å²) >= 11 is 0. The van der Waals surface area contributed by atoms with E-state index in [9.17, 15) is 0 Å². The Morgan fingerprint density at radius 2 is 1.86 bits per heavy atom. The largest absolute Gasteiger partial charge is 0.378 e. The third-order valence-corrected chi connectivity index (χ3v) is 5.77. The average Bonchev–Trinajstić information content (AvgIpc) is 3.19. The Hall–Kier alpha value is -2.51. The Kier molecular flexibility index (Phi) is 4.93. The van der Waals surface area contributed by atoms with Gasteiger partial charge in [0.05, 0.1) is 30.8 Å². The van der Waals surface area contributed by atoms with Crippen molar-refractivity contribution >= 4 is 11.3 Å². The molecule has 28 heavy (non-hydrogen) atoms. The van der Waals surface area contributed by atoms with Crippen LogP contribution in [0, 0.1) is 0 Å².